The zero-order valence-corrected chi connectivity index (χ0v) is 18.7. The Morgan fingerprint density at radius 3 is 2.77 bits per heavy atom. The predicted molar refractivity (Wildman–Crippen MR) is 125 cm³/mol. The van der Waals surface area contributed by atoms with Crippen LogP contribution in [-0.2, 0) is 11.3 Å². The first-order valence-corrected chi connectivity index (χ1v) is 12.0. The molecule has 0 bridgehead atoms. The Labute approximate surface area is 185 Å². The molecular weight excluding hydrogens is 408 g/mol. The Bertz CT molecular complexity index is 1150. The number of nitrogens with zero attached hydrogens (tertiary/aromatic N) is 3. The maximum absolute atomic E-state index is 13.4. The second kappa shape index (κ2) is 8.46. The summed E-state index contributed by atoms with van der Waals surface area (Å²) in [5.41, 5.74) is 3.00. The van der Waals surface area contributed by atoms with E-state index in [-0.39, 0.29) is 17.4 Å². The molecule has 7 heteroatoms. The van der Waals surface area contributed by atoms with Crippen LogP contribution in [0.2, 0.25) is 0 Å². The van der Waals surface area contributed by atoms with E-state index in [1.165, 1.54) is 29.7 Å². The second-order valence-electron chi connectivity index (χ2n) is 8.90. The summed E-state index contributed by atoms with van der Waals surface area (Å²) in [6, 6.07) is 10.2. The average Bonchev–Trinajstić information content (AvgIpc) is 3.50. The van der Waals surface area contributed by atoms with Gasteiger partial charge in [-0.2, -0.15) is 0 Å². The van der Waals surface area contributed by atoms with Gasteiger partial charge in [0.2, 0.25) is 11.9 Å². The largest absolute Gasteiger partial charge is 0.356 e. The van der Waals surface area contributed by atoms with Gasteiger partial charge in [-0.25, -0.2) is 4.98 Å². The van der Waals surface area contributed by atoms with Crippen LogP contribution in [0, 0.1) is 18.8 Å². The highest BCUT2D eigenvalue weighted by molar-refractivity contribution is 7.17. The Balaban J connectivity index is 1.45. The van der Waals surface area contributed by atoms with Crippen LogP contribution in [0.5, 0.6) is 0 Å². The topological polar surface area (TPSA) is 67.2 Å². The number of piperidine rings is 1. The first-order chi connectivity index (χ1) is 15.1. The molecule has 0 radical (unpaired) electrons. The quantitative estimate of drug-likeness (QED) is 0.642. The number of carbonyl (C=O) groups excluding carboxylic acids is 1. The fourth-order valence-corrected chi connectivity index (χ4v) is 5.05. The van der Waals surface area contributed by atoms with Gasteiger partial charge in [0.15, 0.2) is 0 Å². The number of carbonyl (C=O) groups is 1. The molecule has 6 nitrogen and oxygen atoms in total. The molecular formula is C24H28N4O2S. The Morgan fingerprint density at radius 1 is 1.19 bits per heavy atom. The molecule has 5 rings (SSSR count). The number of aryl methyl sites for hydroxylation is 1. The van der Waals surface area contributed by atoms with E-state index in [2.05, 4.69) is 41.4 Å². The summed E-state index contributed by atoms with van der Waals surface area (Å²) in [4.78, 5) is 33.1. The lowest BCUT2D eigenvalue weighted by Gasteiger charge is -2.34. The van der Waals surface area contributed by atoms with Gasteiger partial charge >= 0.3 is 0 Å². The van der Waals surface area contributed by atoms with Crippen molar-refractivity contribution in [3.05, 3.63) is 57.2 Å². The van der Waals surface area contributed by atoms with Crippen molar-refractivity contribution in [2.45, 2.75) is 39.2 Å². The number of benzene rings is 1. The molecule has 1 atom stereocenters. The van der Waals surface area contributed by atoms with E-state index in [1.807, 2.05) is 11.4 Å². The molecule has 1 aliphatic carbocycles. The van der Waals surface area contributed by atoms with E-state index in [9.17, 15) is 9.59 Å². The van der Waals surface area contributed by atoms with Crippen LogP contribution in [0.1, 0.15) is 36.8 Å². The molecule has 3 aromatic rings. The zero-order chi connectivity index (χ0) is 21.4. The maximum Gasteiger partial charge on any atom is 0.273 e. The lowest BCUT2D eigenvalue weighted by molar-refractivity contribution is -0.125. The van der Waals surface area contributed by atoms with Gasteiger partial charge in [-0.1, -0.05) is 29.8 Å². The standard InChI is InChI=1S/C24H28N4O2S/c1-16-4-6-18(7-5-16)14-28-23(30)21-20(10-12-31-21)26-24(28)27-11-2-3-19(15-27)22(29)25-13-17-8-9-17/h4-7,10,12,17,19H,2-3,8-9,11,13-15H2,1H3,(H,25,29)/t19-/m1/s1. The predicted octanol–water partition coefficient (Wildman–Crippen LogP) is 3.56. The Hall–Kier alpha value is -2.67. The molecule has 1 amide bonds. The lowest BCUT2D eigenvalue weighted by atomic mass is 9.97. The van der Waals surface area contributed by atoms with Crippen LogP contribution in [0.25, 0.3) is 10.2 Å². The van der Waals surface area contributed by atoms with Gasteiger partial charge in [0.1, 0.15) is 4.70 Å². The van der Waals surface area contributed by atoms with Crippen LogP contribution in [-0.4, -0.2) is 35.1 Å². The number of thiophene rings is 1. The molecule has 2 fully saturated rings. The molecule has 1 N–H and O–H groups in total. The van der Waals surface area contributed by atoms with Crippen molar-refractivity contribution < 1.29 is 4.79 Å². The van der Waals surface area contributed by atoms with Crippen LogP contribution >= 0.6 is 11.3 Å². The summed E-state index contributed by atoms with van der Waals surface area (Å²) in [6.07, 6.45) is 4.26. The number of rotatable bonds is 6. The van der Waals surface area contributed by atoms with Crippen LogP contribution < -0.4 is 15.8 Å². The van der Waals surface area contributed by atoms with Crippen molar-refractivity contribution in [2.24, 2.45) is 11.8 Å². The van der Waals surface area contributed by atoms with Gasteiger partial charge in [0.25, 0.3) is 5.56 Å². The smallest absolute Gasteiger partial charge is 0.273 e. The number of amides is 1. The highest BCUT2D eigenvalue weighted by Crippen LogP contribution is 2.28. The van der Waals surface area contributed by atoms with Gasteiger partial charge in [-0.15, -0.1) is 11.3 Å². The summed E-state index contributed by atoms with van der Waals surface area (Å²) in [7, 11) is 0. The molecule has 162 valence electrons. The second-order valence-corrected chi connectivity index (χ2v) is 9.81. The Morgan fingerprint density at radius 2 is 2.00 bits per heavy atom. The number of hydrogen-bond acceptors (Lipinski definition) is 5. The molecule has 0 spiro atoms. The molecule has 1 saturated carbocycles. The first kappa shape index (κ1) is 20.2. The summed E-state index contributed by atoms with van der Waals surface area (Å²) < 4.78 is 2.47. The number of anilines is 1. The highest BCUT2D eigenvalue weighted by atomic mass is 32.1. The van der Waals surface area contributed by atoms with Gasteiger partial charge in [-0.3, -0.25) is 14.2 Å². The molecule has 3 heterocycles. The zero-order valence-electron chi connectivity index (χ0n) is 17.8. The summed E-state index contributed by atoms with van der Waals surface area (Å²) in [5.74, 6) is 1.43. The third-order valence-electron chi connectivity index (χ3n) is 6.34. The summed E-state index contributed by atoms with van der Waals surface area (Å²) in [6.45, 7) is 4.74. The normalized spacial score (nSPS) is 19.0. The molecule has 1 aromatic carbocycles. The monoisotopic (exact) mass is 436 g/mol. The van der Waals surface area contributed by atoms with Gasteiger partial charge < -0.3 is 10.2 Å². The van der Waals surface area contributed by atoms with Crippen molar-refractivity contribution >= 4 is 33.4 Å². The molecule has 2 aliphatic rings. The average molecular weight is 437 g/mol. The van der Waals surface area contributed by atoms with E-state index in [0.717, 1.165) is 37.0 Å². The number of hydrogen-bond donors (Lipinski definition) is 1. The number of nitrogens with one attached hydrogen (secondary N) is 1. The van der Waals surface area contributed by atoms with E-state index in [4.69, 9.17) is 4.98 Å². The minimum atomic E-state index is -0.0598. The number of aromatic nitrogens is 2. The van der Waals surface area contributed by atoms with Crippen molar-refractivity contribution in [3.8, 4) is 0 Å². The maximum atomic E-state index is 13.4. The fraction of sp³-hybridized carbons (Fsp3) is 0.458. The van der Waals surface area contributed by atoms with E-state index >= 15 is 0 Å². The van der Waals surface area contributed by atoms with Gasteiger partial charge in [-0.05, 0) is 55.5 Å². The van der Waals surface area contributed by atoms with Crippen molar-refractivity contribution in [3.63, 3.8) is 0 Å². The van der Waals surface area contributed by atoms with Crippen LogP contribution in [0.15, 0.2) is 40.5 Å². The lowest BCUT2D eigenvalue weighted by Crippen LogP contribution is -2.45. The Kier molecular flexibility index (Phi) is 5.52. The summed E-state index contributed by atoms with van der Waals surface area (Å²) >= 11 is 1.44. The van der Waals surface area contributed by atoms with E-state index in [0.29, 0.717) is 29.7 Å². The molecule has 1 aliphatic heterocycles. The van der Waals surface area contributed by atoms with Crippen molar-refractivity contribution in [1.82, 2.24) is 14.9 Å². The van der Waals surface area contributed by atoms with E-state index in [1.54, 1.807) is 4.57 Å². The minimum absolute atomic E-state index is 0.00381. The van der Waals surface area contributed by atoms with Crippen molar-refractivity contribution in [2.75, 3.05) is 24.5 Å². The molecule has 2 aromatic heterocycles. The van der Waals surface area contributed by atoms with Crippen LogP contribution in [0.4, 0.5) is 5.95 Å². The van der Waals surface area contributed by atoms with Crippen molar-refractivity contribution in [1.29, 1.82) is 0 Å². The fourth-order valence-electron chi connectivity index (χ4n) is 4.28. The third kappa shape index (κ3) is 4.37. The molecule has 0 unspecified atom stereocenters. The number of fused-ring (bicyclic) bond motifs is 1. The third-order valence-corrected chi connectivity index (χ3v) is 7.24. The minimum Gasteiger partial charge on any atom is -0.356 e. The van der Waals surface area contributed by atoms with Gasteiger partial charge in [0, 0.05) is 19.6 Å². The SMILES string of the molecule is Cc1ccc(Cn2c(N3CCC[C@@H](C(=O)NCC4CC4)C3)nc3ccsc3c2=O)cc1. The molecule has 31 heavy (non-hydrogen) atoms. The summed E-state index contributed by atoms with van der Waals surface area (Å²) in [5, 5.41) is 5.05. The highest BCUT2D eigenvalue weighted by Gasteiger charge is 2.30. The van der Waals surface area contributed by atoms with E-state index < -0.39 is 0 Å². The van der Waals surface area contributed by atoms with Gasteiger partial charge in [0.05, 0.1) is 18.0 Å². The first-order valence-electron chi connectivity index (χ1n) is 11.1. The van der Waals surface area contributed by atoms with Crippen LogP contribution in [0.3, 0.4) is 0 Å². The molecule has 1 saturated heterocycles.